The summed E-state index contributed by atoms with van der Waals surface area (Å²) in [5.41, 5.74) is 2.13. The number of likely N-dealkylation sites (tertiary alicyclic amines) is 1. The number of amides is 1. The Balaban J connectivity index is 0.00000231. The zero-order valence-corrected chi connectivity index (χ0v) is 21.4. The average molecular weight is 522 g/mol. The zero-order chi connectivity index (χ0) is 24.2. The molecule has 3 aliphatic carbocycles. The standard InChI is InChI=1S/C29H31N3O4.ClH/c33-22-8-7-17-13-23-29(35)10-9-21(31-27(34)19-14-30-20-4-2-1-3-18(19)20)26-28(29,24(17)25(22)36-26)11-12-32(23)15-16-5-6-16;/h1-4,7-8,14,16,21,23,26,30,33,35H,5-6,9-13,15H2,(H,31,34);1H/t21-,23-,26+,28+,29-;/m1./s1. The average Bonchev–Trinajstić information content (AvgIpc) is 3.46. The number of ether oxygens (including phenoxy) is 1. The Hall–Kier alpha value is -2.74. The van der Waals surface area contributed by atoms with Gasteiger partial charge in [0.15, 0.2) is 11.5 Å². The van der Waals surface area contributed by atoms with Crippen LogP contribution >= 0.6 is 12.4 Å². The van der Waals surface area contributed by atoms with Gasteiger partial charge in [0, 0.05) is 35.2 Å². The Kier molecular flexibility index (Phi) is 4.98. The van der Waals surface area contributed by atoms with Gasteiger partial charge in [0.2, 0.25) is 0 Å². The summed E-state index contributed by atoms with van der Waals surface area (Å²) in [6, 6.07) is 11.3. The van der Waals surface area contributed by atoms with Crippen LogP contribution in [0.5, 0.6) is 11.5 Å². The third-order valence-corrected chi connectivity index (χ3v) is 9.91. The minimum atomic E-state index is -0.946. The Morgan fingerprint density at radius 1 is 1.16 bits per heavy atom. The number of halogens is 1. The molecule has 2 bridgehead atoms. The number of phenolic OH excluding ortho intramolecular Hbond substituents is 1. The van der Waals surface area contributed by atoms with E-state index in [0.717, 1.165) is 48.3 Å². The Bertz CT molecular complexity index is 1420. The molecule has 8 heteroatoms. The highest BCUT2D eigenvalue weighted by atomic mass is 35.5. The molecule has 37 heavy (non-hydrogen) atoms. The number of phenols is 1. The Labute approximate surface area is 221 Å². The van der Waals surface area contributed by atoms with Crippen molar-refractivity contribution >= 4 is 29.2 Å². The molecule has 5 atom stereocenters. The largest absolute Gasteiger partial charge is 0.504 e. The van der Waals surface area contributed by atoms with Gasteiger partial charge in [-0.05, 0) is 68.7 Å². The molecule has 7 nitrogen and oxygen atoms in total. The Morgan fingerprint density at radius 3 is 2.84 bits per heavy atom. The quantitative estimate of drug-likeness (QED) is 0.420. The van der Waals surface area contributed by atoms with E-state index in [4.69, 9.17) is 4.74 Å². The van der Waals surface area contributed by atoms with Crippen LogP contribution in [0.1, 0.15) is 53.6 Å². The van der Waals surface area contributed by atoms with E-state index in [-0.39, 0.29) is 36.1 Å². The molecule has 3 heterocycles. The number of aromatic nitrogens is 1. The normalized spacial score (nSPS) is 33.4. The molecule has 0 unspecified atom stereocenters. The lowest BCUT2D eigenvalue weighted by molar-refractivity contribution is -0.191. The van der Waals surface area contributed by atoms with Crippen molar-refractivity contribution in [1.82, 2.24) is 15.2 Å². The van der Waals surface area contributed by atoms with Gasteiger partial charge in [0.1, 0.15) is 6.10 Å². The number of fused-ring (bicyclic) bond motifs is 1. The van der Waals surface area contributed by atoms with E-state index in [1.54, 1.807) is 12.3 Å². The fourth-order valence-corrected chi connectivity index (χ4v) is 8.13. The Morgan fingerprint density at radius 2 is 2.00 bits per heavy atom. The van der Waals surface area contributed by atoms with Gasteiger partial charge in [-0.3, -0.25) is 9.69 Å². The van der Waals surface area contributed by atoms with Crippen molar-refractivity contribution in [2.45, 2.75) is 67.7 Å². The molecule has 2 aliphatic heterocycles. The summed E-state index contributed by atoms with van der Waals surface area (Å²) in [6.07, 6.45) is 6.69. The van der Waals surface area contributed by atoms with E-state index in [2.05, 4.69) is 15.2 Å². The zero-order valence-electron chi connectivity index (χ0n) is 20.6. The highest BCUT2D eigenvalue weighted by Gasteiger charge is 2.73. The second-order valence-corrected chi connectivity index (χ2v) is 11.7. The van der Waals surface area contributed by atoms with Crippen molar-refractivity contribution in [2.24, 2.45) is 5.92 Å². The summed E-state index contributed by atoms with van der Waals surface area (Å²) in [5, 5.41) is 27.5. The van der Waals surface area contributed by atoms with Crippen LogP contribution < -0.4 is 10.1 Å². The second kappa shape index (κ2) is 7.88. The molecule has 194 valence electrons. The molecule has 1 spiro atoms. The highest BCUT2D eigenvalue weighted by molar-refractivity contribution is 6.06. The first-order valence-electron chi connectivity index (χ1n) is 13.3. The predicted molar refractivity (Wildman–Crippen MR) is 142 cm³/mol. The van der Waals surface area contributed by atoms with Gasteiger partial charge in [0.05, 0.1) is 22.6 Å². The maximum atomic E-state index is 13.5. The molecule has 1 aromatic heterocycles. The summed E-state index contributed by atoms with van der Waals surface area (Å²) < 4.78 is 6.57. The topological polar surface area (TPSA) is 97.8 Å². The second-order valence-electron chi connectivity index (χ2n) is 11.7. The van der Waals surface area contributed by atoms with Crippen molar-refractivity contribution in [1.29, 1.82) is 0 Å². The van der Waals surface area contributed by atoms with Crippen molar-refractivity contribution in [2.75, 3.05) is 13.1 Å². The summed E-state index contributed by atoms with van der Waals surface area (Å²) in [4.78, 5) is 19.2. The van der Waals surface area contributed by atoms with Crippen LogP contribution in [0.25, 0.3) is 10.9 Å². The van der Waals surface area contributed by atoms with Gasteiger partial charge in [-0.2, -0.15) is 0 Å². The van der Waals surface area contributed by atoms with Gasteiger partial charge in [-0.15, -0.1) is 12.4 Å². The van der Waals surface area contributed by atoms with Crippen LogP contribution in [-0.4, -0.2) is 62.9 Å². The summed E-state index contributed by atoms with van der Waals surface area (Å²) in [5.74, 6) is 1.25. The van der Waals surface area contributed by atoms with Crippen LogP contribution in [-0.2, 0) is 11.8 Å². The first-order chi connectivity index (χ1) is 17.5. The monoisotopic (exact) mass is 521 g/mol. The molecular weight excluding hydrogens is 490 g/mol. The maximum Gasteiger partial charge on any atom is 0.253 e. The lowest BCUT2D eigenvalue weighted by Gasteiger charge is -2.64. The molecule has 3 aromatic rings. The molecule has 1 saturated heterocycles. The van der Waals surface area contributed by atoms with Crippen LogP contribution in [0.2, 0.25) is 0 Å². The lowest BCUT2D eigenvalue weighted by atomic mass is 9.48. The van der Waals surface area contributed by atoms with E-state index >= 15 is 0 Å². The smallest absolute Gasteiger partial charge is 0.253 e. The molecule has 4 N–H and O–H groups in total. The molecule has 8 rings (SSSR count). The van der Waals surface area contributed by atoms with Crippen molar-refractivity contribution in [3.63, 3.8) is 0 Å². The number of hydrogen-bond donors (Lipinski definition) is 4. The first-order valence-corrected chi connectivity index (χ1v) is 13.3. The molecular formula is C29H32ClN3O4. The molecule has 1 amide bonds. The number of benzene rings is 2. The van der Waals surface area contributed by atoms with Crippen molar-refractivity contribution < 1.29 is 19.7 Å². The summed E-state index contributed by atoms with van der Waals surface area (Å²) >= 11 is 0. The van der Waals surface area contributed by atoms with E-state index < -0.39 is 17.1 Å². The number of aromatic amines is 1. The number of carbonyl (C=O) groups excluding carboxylic acids is 1. The lowest BCUT2D eigenvalue weighted by Crippen LogP contribution is -2.78. The van der Waals surface area contributed by atoms with Gasteiger partial charge in [-0.25, -0.2) is 0 Å². The van der Waals surface area contributed by atoms with Crippen LogP contribution in [0.4, 0.5) is 0 Å². The van der Waals surface area contributed by atoms with E-state index in [9.17, 15) is 15.0 Å². The number of H-pyrrole nitrogens is 1. The first kappa shape index (κ1) is 23.4. The van der Waals surface area contributed by atoms with Gasteiger partial charge < -0.3 is 25.3 Å². The fourth-order valence-electron chi connectivity index (χ4n) is 8.13. The third kappa shape index (κ3) is 2.99. The SMILES string of the molecule is Cl.O=C(N[C@@H]1CC[C@@]2(O)[C@H]3Cc4ccc(O)c5c4[C@@]2(CCN3CC2CC2)[C@H]1O5)c1c[nH]c2ccccc12. The number of para-hydroxylation sites is 1. The van der Waals surface area contributed by atoms with E-state index in [0.29, 0.717) is 24.2 Å². The molecule has 2 aromatic carbocycles. The molecule has 3 fully saturated rings. The van der Waals surface area contributed by atoms with Gasteiger partial charge >= 0.3 is 0 Å². The molecule has 2 saturated carbocycles. The van der Waals surface area contributed by atoms with Crippen LogP contribution in [0.3, 0.4) is 0 Å². The van der Waals surface area contributed by atoms with E-state index in [1.165, 1.54) is 18.4 Å². The number of aromatic hydroxyl groups is 1. The van der Waals surface area contributed by atoms with Gasteiger partial charge in [-0.1, -0.05) is 24.3 Å². The van der Waals surface area contributed by atoms with Crippen LogP contribution in [0.15, 0.2) is 42.6 Å². The van der Waals surface area contributed by atoms with Crippen molar-refractivity contribution in [3.05, 3.63) is 59.3 Å². The number of rotatable bonds is 4. The molecule has 5 aliphatic rings. The van der Waals surface area contributed by atoms with Gasteiger partial charge in [0.25, 0.3) is 5.91 Å². The minimum absolute atomic E-state index is 0. The number of nitrogens with one attached hydrogen (secondary N) is 2. The third-order valence-electron chi connectivity index (χ3n) is 9.91. The molecule has 0 radical (unpaired) electrons. The maximum absolute atomic E-state index is 13.5. The number of carbonyl (C=O) groups is 1. The minimum Gasteiger partial charge on any atom is -0.504 e. The summed E-state index contributed by atoms with van der Waals surface area (Å²) in [7, 11) is 0. The number of piperidine rings is 1. The number of nitrogens with zero attached hydrogens (tertiary/aromatic N) is 1. The van der Waals surface area contributed by atoms with Crippen LogP contribution in [0, 0.1) is 5.92 Å². The van der Waals surface area contributed by atoms with Crippen molar-refractivity contribution in [3.8, 4) is 11.5 Å². The summed E-state index contributed by atoms with van der Waals surface area (Å²) in [6.45, 7) is 1.95. The fraction of sp³-hybridized carbons (Fsp3) is 0.483. The number of aliphatic hydroxyl groups is 1. The van der Waals surface area contributed by atoms with E-state index in [1.807, 2.05) is 30.3 Å². The predicted octanol–water partition coefficient (Wildman–Crippen LogP) is 3.66. The highest BCUT2D eigenvalue weighted by Crippen LogP contribution is 2.65. The number of hydrogen-bond acceptors (Lipinski definition) is 5.